The molecule has 1 aliphatic rings. The molecule has 5 heteroatoms. The summed E-state index contributed by atoms with van der Waals surface area (Å²) in [5.41, 5.74) is 6.97. The van der Waals surface area contributed by atoms with Gasteiger partial charge in [0.05, 0.1) is 19.1 Å². The molecule has 18 heavy (non-hydrogen) atoms. The van der Waals surface area contributed by atoms with Crippen LogP contribution < -0.4 is 11.1 Å². The molecule has 1 fully saturated rings. The molecule has 1 aliphatic heterocycles. The highest BCUT2D eigenvalue weighted by Crippen LogP contribution is 2.20. The Morgan fingerprint density at radius 3 is 2.67 bits per heavy atom. The zero-order valence-electron chi connectivity index (χ0n) is 10.0. The van der Waals surface area contributed by atoms with Crippen LogP contribution in [0.5, 0.6) is 0 Å². The highest BCUT2D eigenvalue weighted by Gasteiger charge is 2.26. The number of ether oxygens (including phenoxy) is 1. The van der Waals surface area contributed by atoms with Gasteiger partial charge in [-0.15, -0.1) is 0 Å². The third kappa shape index (κ3) is 3.23. The van der Waals surface area contributed by atoms with Crippen molar-refractivity contribution in [3.05, 3.63) is 29.8 Å². The molecule has 1 amide bonds. The summed E-state index contributed by atoms with van der Waals surface area (Å²) in [5.74, 6) is -0.520. The first-order valence-corrected chi connectivity index (χ1v) is 5.93. The molecule has 0 aliphatic carbocycles. The van der Waals surface area contributed by atoms with E-state index in [1.54, 1.807) is 0 Å². The molecule has 0 aromatic heterocycles. The topological polar surface area (TPSA) is 81.4 Å². The average molecular weight is 248 g/mol. The monoisotopic (exact) mass is 248 g/mol. The van der Waals surface area contributed by atoms with Gasteiger partial charge in [-0.2, -0.15) is 0 Å². The fourth-order valence-corrected chi connectivity index (χ4v) is 1.96. The van der Waals surface area contributed by atoms with Crippen molar-refractivity contribution in [2.45, 2.75) is 12.8 Å². The van der Waals surface area contributed by atoms with Gasteiger partial charge >= 0.3 is 5.97 Å². The van der Waals surface area contributed by atoms with Gasteiger partial charge < -0.3 is 15.8 Å². The number of primary amides is 1. The summed E-state index contributed by atoms with van der Waals surface area (Å²) in [6.07, 6.45) is 1.50. The van der Waals surface area contributed by atoms with Gasteiger partial charge in [0, 0.05) is 5.69 Å². The Kier molecular flexibility index (Phi) is 3.82. The molecule has 0 bridgehead atoms. The Balaban J connectivity index is 1.91. The number of benzene rings is 1. The number of hydrogen-bond acceptors (Lipinski definition) is 4. The van der Waals surface area contributed by atoms with E-state index < -0.39 is 5.91 Å². The molecule has 96 valence electrons. The molecule has 1 heterocycles. The van der Waals surface area contributed by atoms with Crippen LogP contribution in [0.25, 0.3) is 0 Å². The maximum absolute atomic E-state index is 11.3. The van der Waals surface area contributed by atoms with Crippen LogP contribution >= 0.6 is 0 Å². The average Bonchev–Trinajstić information content (AvgIpc) is 2.74. The summed E-state index contributed by atoms with van der Waals surface area (Å²) in [5, 5.41) is 2.91. The van der Waals surface area contributed by atoms with Crippen LogP contribution in [0, 0.1) is 5.92 Å². The summed E-state index contributed by atoms with van der Waals surface area (Å²) in [4.78, 5) is 22.0. The van der Waals surface area contributed by atoms with Crippen LogP contribution in [0.1, 0.15) is 12.0 Å². The van der Waals surface area contributed by atoms with Crippen molar-refractivity contribution >= 4 is 17.6 Å². The minimum atomic E-state index is -0.396. The Hall–Kier alpha value is -2.04. The molecular weight excluding hydrogens is 232 g/mol. The van der Waals surface area contributed by atoms with E-state index in [0.717, 1.165) is 17.7 Å². The van der Waals surface area contributed by atoms with Crippen molar-refractivity contribution in [3.8, 4) is 0 Å². The Morgan fingerprint density at radius 2 is 2.11 bits per heavy atom. The summed E-state index contributed by atoms with van der Waals surface area (Å²) < 4.78 is 4.92. The minimum absolute atomic E-state index is 0.0190. The SMILES string of the molecule is NC(=O)CNc1ccc(C[C@H]2CCOC2=O)cc1. The number of carbonyl (C=O) groups is 2. The summed E-state index contributed by atoms with van der Waals surface area (Å²) >= 11 is 0. The molecule has 5 nitrogen and oxygen atoms in total. The van der Waals surface area contributed by atoms with E-state index in [4.69, 9.17) is 10.5 Å². The van der Waals surface area contributed by atoms with Crippen LogP contribution in [0.2, 0.25) is 0 Å². The van der Waals surface area contributed by atoms with Crippen molar-refractivity contribution in [3.63, 3.8) is 0 Å². The number of esters is 1. The predicted molar refractivity (Wildman–Crippen MR) is 66.9 cm³/mol. The lowest BCUT2D eigenvalue weighted by molar-refractivity contribution is -0.141. The van der Waals surface area contributed by atoms with Crippen LogP contribution in [0.4, 0.5) is 5.69 Å². The molecule has 3 N–H and O–H groups in total. The lowest BCUT2D eigenvalue weighted by Gasteiger charge is -2.07. The highest BCUT2D eigenvalue weighted by molar-refractivity contribution is 5.78. The standard InChI is InChI=1S/C13H16N2O3/c14-12(16)8-15-11-3-1-9(2-4-11)7-10-5-6-18-13(10)17/h1-4,10,15H,5-8H2,(H2,14,16)/t10-/m1/s1. The van der Waals surface area contributed by atoms with E-state index in [0.29, 0.717) is 13.0 Å². The molecule has 1 saturated heterocycles. The maximum atomic E-state index is 11.3. The molecule has 0 radical (unpaired) electrons. The van der Waals surface area contributed by atoms with Crippen LogP contribution in [0.15, 0.2) is 24.3 Å². The smallest absolute Gasteiger partial charge is 0.309 e. The summed E-state index contributed by atoms with van der Waals surface area (Å²) in [7, 11) is 0. The first kappa shape index (κ1) is 12.4. The molecule has 2 rings (SSSR count). The predicted octanol–water partition coefficient (Wildman–Crippen LogP) is 0.689. The fraction of sp³-hybridized carbons (Fsp3) is 0.385. The van der Waals surface area contributed by atoms with Gasteiger partial charge in [-0.1, -0.05) is 12.1 Å². The third-order valence-electron chi connectivity index (χ3n) is 2.95. The van der Waals surface area contributed by atoms with Gasteiger partial charge in [0.1, 0.15) is 0 Å². The van der Waals surface area contributed by atoms with Crippen molar-refractivity contribution in [1.82, 2.24) is 0 Å². The maximum Gasteiger partial charge on any atom is 0.309 e. The molecule has 1 aromatic rings. The zero-order chi connectivity index (χ0) is 13.0. The van der Waals surface area contributed by atoms with E-state index in [1.807, 2.05) is 24.3 Å². The number of carbonyl (C=O) groups excluding carboxylic acids is 2. The van der Waals surface area contributed by atoms with E-state index in [-0.39, 0.29) is 18.4 Å². The van der Waals surface area contributed by atoms with Crippen molar-refractivity contribution < 1.29 is 14.3 Å². The lowest BCUT2D eigenvalue weighted by atomic mass is 9.98. The van der Waals surface area contributed by atoms with Gasteiger partial charge in [0.15, 0.2) is 0 Å². The first-order valence-electron chi connectivity index (χ1n) is 5.93. The second-order valence-electron chi connectivity index (χ2n) is 4.37. The van der Waals surface area contributed by atoms with E-state index in [2.05, 4.69) is 5.32 Å². The van der Waals surface area contributed by atoms with Gasteiger partial charge in [-0.05, 0) is 30.5 Å². The molecular formula is C13H16N2O3. The second kappa shape index (κ2) is 5.53. The Bertz CT molecular complexity index is 442. The van der Waals surface area contributed by atoms with Gasteiger partial charge in [0.2, 0.25) is 5.91 Å². The Labute approximate surface area is 105 Å². The number of rotatable bonds is 5. The van der Waals surface area contributed by atoms with Gasteiger partial charge in [0.25, 0.3) is 0 Å². The summed E-state index contributed by atoms with van der Waals surface area (Å²) in [6, 6.07) is 7.63. The number of nitrogens with two attached hydrogens (primary N) is 1. The van der Waals surface area contributed by atoms with Gasteiger partial charge in [-0.3, -0.25) is 9.59 Å². The molecule has 0 unspecified atom stereocenters. The van der Waals surface area contributed by atoms with E-state index in [9.17, 15) is 9.59 Å². The van der Waals surface area contributed by atoms with Crippen molar-refractivity contribution in [1.29, 1.82) is 0 Å². The molecule has 0 spiro atoms. The van der Waals surface area contributed by atoms with Crippen LogP contribution in [0.3, 0.4) is 0 Å². The number of nitrogens with one attached hydrogen (secondary N) is 1. The first-order chi connectivity index (χ1) is 8.65. The normalized spacial score (nSPS) is 18.4. The Morgan fingerprint density at radius 1 is 1.39 bits per heavy atom. The molecule has 1 aromatic carbocycles. The van der Waals surface area contributed by atoms with Crippen molar-refractivity contribution in [2.75, 3.05) is 18.5 Å². The van der Waals surface area contributed by atoms with Crippen LogP contribution in [-0.2, 0) is 20.7 Å². The quantitative estimate of drug-likeness (QED) is 0.751. The molecule has 0 saturated carbocycles. The van der Waals surface area contributed by atoms with E-state index in [1.165, 1.54) is 0 Å². The number of cyclic esters (lactones) is 1. The number of hydrogen-bond donors (Lipinski definition) is 2. The third-order valence-corrected chi connectivity index (χ3v) is 2.95. The highest BCUT2D eigenvalue weighted by atomic mass is 16.5. The van der Waals surface area contributed by atoms with Gasteiger partial charge in [-0.25, -0.2) is 0 Å². The molecule has 1 atom stereocenters. The second-order valence-corrected chi connectivity index (χ2v) is 4.37. The fourth-order valence-electron chi connectivity index (χ4n) is 1.96. The number of amides is 1. The summed E-state index contributed by atoms with van der Waals surface area (Å²) in [6.45, 7) is 0.649. The number of anilines is 1. The van der Waals surface area contributed by atoms with E-state index >= 15 is 0 Å². The van der Waals surface area contributed by atoms with Crippen molar-refractivity contribution in [2.24, 2.45) is 11.7 Å². The van der Waals surface area contributed by atoms with Crippen LogP contribution in [-0.4, -0.2) is 25.0 Å². The lowest BCUT2D eigenvalue weighted by Crippen LogP contribution is -2.21. The minimum Gasteiger partial charge on any atom is -0.465 e. The largest absolute Gasteiger partial charge is 0.465 e. The zero-order valence-corrected chi connectivity index (χ0v) is 10.0.